The molecule has 1 fully saturated rings. The van der Waals surface area contributed by atoms with Crippen molar-refractivity contribution in [2.75, 3.05) is 13.7 Å². The number of aliphatic hydroxyl groups is 4. The Balaban J connectivity index is 2.59. The van der Waals surface area contributed by atoms with Gasteiger partial charge in [-0.3, -0.25) is 0 Å². The third kappa shape index (κ3) is 2.16. The number of hydrogen-bond acceptors (Lipinski definition) is 6. The van der Waals surface area contributed by atoms with Crippen molar-refractivity contribution in [2.24, 2.45) is 0 Å². The number of methoxy groups -OCH3 is 1. The zero-order valence-corrected chi connectivity index (χ0v) is 7.20. The molecule has 0 aliphatic carbocycles. The lowest BCUT2D eigenvalue weighted by Crippen LogP contribution is -2.58. The van der Waals surface area contributed by atoms with Crippen molar-refractivity contribution in [3.63, 3.8) is 0 Å². The minimum Gasteiger partial charge on any atom is -0.387 e. The molecule has 6 nitrogen and oxygen atoms in total. The minimum absolute atomic E-state index is 0.0437. The van der Waals surface area contributed by atoms with Crippen LogP contribution in [-0.4, -0.2) is 64.8 Å². The Hall–Kier alpha value is -0.240. The zero-order valence-electron chi connectivity index (χ0n) is 7.20. The largest absolute Gasteiger partial charge is 0.387 e. The van der Waals surface area contributed by atoms with Crippen molar-refractivity contribution in [1.82, 2.24) is 0 Å². The summed E-state index contributed by atoms with van der Waals surface area (Å²) in [5.41, 5.74) is 0. The van der Waals surface area contributed by atoms with Gasteiger partial charge >= 0.3 is 0 Å². The van der Waals surface area contributed by atoms with Gasteiger partial charge in [0.05, 0.1) is 6.61 Å². The van der Waals surface area contributed by atoms with E-state index in [2.05, 4.69) is 0 Å². The normalized spacial score (nSPS) is 46.4. The molecule has 0 spiro atoms. The molecule has 6 heteroatoms. The van der Waals surface area contributed by atoms with E-state index in [-0.39, 0.29) is 6.61 Å². The lowest BCUT2D eigenvalue weighted by Gasteiger charge is -2.37. The molecule has 0 aromatic heterocycles. The molecule has 0 aromatic carbocycles. The predicted octanol–water partition coefficient (Wildman–Crippen LogP) is -2.57. The highest BCUT2D eigenvalue weighted by Gasteiger charge is 2.42. The minimum atomic E-state index is -1.49. The van der Waals surface area contributed by atoms with Crippen LogP contribution in [0, 0.1) is 0 Å². The molecule has 1 aliphatic rings. The Morgan fingerprint density at radius 1 is 1.08 bits per heavy atom. The van der Waals surface area contributed by atoms with Crippen molar-refractivity contribution in [3.8, 4) is 0 Å². The molecular weight excluding hydrogens is 180 g/mol. The third-order valence-electron chi connectivity index (χ3n) is 2.02. The first-order valence-electron chi connectivity index (χ1n) is 3.94. The summed E-state index contributed by atoms with van der Waals surface area (Å²) in [6, 6.07) is 0. The van der Waals surface area contributed by atoms with Crippen LogP contribution in [-0.2, 0) is 9.47 Å². The topological polar surface area (TPSA) is 99.4 Å². The smallest absolute Gasteiger partial charge is 0.184 e. The molecule has 0 saturated carbocycles. The molecule has 0 aromatic rings. The highest BCUT2D eigenvalue weighted by Crippen LogP contribution is 2.19. The first-order valence-corrected chi connectivity index (χ1v) is 3.94. The fraction of sp³-hybridized carbons (Fsp3) is 1.00. The van der Waals surface area contributed by atoms with Gasteiger partial charge in [-0.1, -0.05) is 0 Å². The van der Waals surface area contributed by atoms with E-state index in [1.54, 1.807) is 0 Å². The van der Waals surface area contributed by atoms with Gasteiger partial charge < -0.3 is 29.9 Å². The van der Waals surface area contributed by atoms with Crippen LogP contribution in [0.25, 0.3) is 0 Å². The summed E-state index contributed by atoms with van der Waals surface area (Å²) in [6.07, 6.45) is -6.46. The fourth-order valence-electron chi connectivity index (χ4n) is 1.23. The maximum Gasteiger partial charge on any atom is 0.184 e. The van der Waals surface area contributed by atoms with E-state index in [1.807, 2.05) is 0 Å². The molecule has 1 heterocycles. The van der Waals surface area contributed by atoms with Crippen LogP contribution in [0.1, 0.15) is 0 Å². The second kappa shape index (κ2) is 4.32. The molecule has 0 unspecified atom stereocenters. The van der Waals surface area contributed by atoms with Crippen LogP contribution in [0.4, 0.5) is 0 Å². The number of aliphatic hydroxyl groups excluding tert-OH is 4. The van der Waals surface area contributed by atoms with Gasteiger partial charge in [0.25, 0.3) is 0 Å². The van der Waals surface area contributed by atoms with Gasteiger partial charge in [-0.05, 0) is 0 Å². The zero-order chi connectivity index (χ0) is 10.0. The van der Waals surface area contributed by atoms with E-state index in [0.29, 0.717) is 0 Å². The molecule has 0 bridgehead atoms. The quantitative estimate of drug-likeness (QED) is 0.386. The van der Waals surface area contributed by atoms with Crippen molar-refractivity contribution < 1.29 is 29.9 Å². The average Bonchev–Trinajstić information content (AvgIpc) is 2.11. The number of rotatable bonds is 2. The third-order valence-corrected chi connectivity index (χ3v) is 2.02. The molecule has 4 N–H and O–H groups in total. The molecule has 1 saturated heterocycles. The Kier molecular flexibility index (Phi) is 3.60. The molecule has 13 heavy (non-hydrogen) atoms. The molecular formula is C7H14O6. The molecule has 1 aliphatic heterocycles. The highest BCUT2D eigenvalue weighted by molar-refractivity contribution is 4.88. The standard InChI is InChI=1S/C7H14O6/c1-12-2-3-4(8)5(9)6(10)7(11)13-3/h3-11H,2H2,1H3/t3-,4-,5+,6-,7-/m1/s1. The summed E-state index contributed by atoms with van der Waals surface area (Å²) in [7, 11) is 1.40. The van der Waals surface area contributed by atoms with E-state index in [4.69, 9.17) is 19.7 Å². The number of ether oxygens (including phenoxy) is 2. The van der Waals surface area contributed by atoms with Crippen LogP contribution in [0.3, 0.4) is 0 Å². The highest BCUT2D eigenvalue weighted by atomic mass is 16.6. The Morgan fingerprint density at radius 2 is 1.69 bits per heavy atom. The Morgan fingerprint density at radius 3 is 2.23 bits per heavy atom. The van der Waals surface area contributed by atoms with E-state index in [1.165, 1.54) is 7.11 Å². The summed E-state index contributed by atoms with van der Waals surface area (Å²) in [5.74, 6) is 0. The van der Waals surface area contributed by atoms with E-state index in [9.17, 15) is 10.2 Å². The van der Waals surface area contributed by atoms with Crippen molar-refractivity contribution in [3.05, 3.63) is 0 Å². The molecule has 1 rings (SSSR count). The summed E-state index contributed by atoms with van der Waals surface area (Å²) in [5, 5.41) is 36.7. The average molecular weight is 194 g/mol. The van der Waals surface area contributed by atoms with E-state index >= 15 is 0 Å². The van der Waals surface area contributed by atoms with Crippen molar-refractivity contribution in [1.29, 1.82) is 0 Å². The SMILES string of the molecule is COC[C@H]1O[C@@H](O)[C@H](O)[C@@H](O)[C@@H]1O. The fourth-order valence-corrected chi connectivity index (χ4v) is 1.23. The molecule has 0 radical (unpaired) electrons. The Labute approximate surface area is 75.3 Å². The van der Waals surface area contributed by atoms with Gasteiger partial charge in [0.2, 0.25) is 0 Å². The van der Waals surface area contributed by atoms with E-state index < -0.39 is 30.7 Å². The van der Waals surface area contributed by atoms with Crippen LogP contribution in [0.15, 0.2) is 0 Å². The monoisotopic (exact) mass is 194 g/mol. The van der Waals surface area contributed by atoms with Crippen LogP contribution >= 0.6 is 0 Å². The lowest BCUT2D eigenvalue weighted by atomic mass is 9.99. The van der Waals surface area contributed by atoms with Gasteiger partial charge in [0, 0.05) is 7.11 Å². The van der Waals surface area contributed by atoms with Crippen LogP contribution in [0.2, 0.25) is 0 Å². The second-order valence-corrected chi connectivity index (χ2v) is 2.99. The van der Waals surface area contributed by atoms with Crippen LogP contribution < -0.4 is 0 Å². The molecule has 5 atom stereocenters. The molecule has 78 valence electrons. The predicted molar refractivity (Wildman–Crippen MR) is 40.8 cm³/mol. The first-order chi connectivity index (χ1) is 6.07. The summed E-state index contributed by atoms with van der Waals surface area (Å²) in [6.45, 7) is 0.0437. The van der Waals surface area contributed by atoms with Crippen molar-refractivity contribution in [2.45, 2.75) is 30.7 Å². The number of hydrogen-bond donors (Lipinski definition) is 4. The Bertz CT molecular complexity index is 163. The van der Waals surface area contributed by atoms with Gasteiger partial charge in [0.15, 0.2) is 6.29 Å². The lowest BCUT2D eigenvalue weighted by molar-refractivity contribution is -0.287. The van der Waals surface area contributed by atoms with Crippen LogP contribution in [0.5, 0.6) is 0 Å². The van der Waals surface area contributed by atoms with E-state index in [0.717, 1.165) is 0 Å². The van der Waals surface area contributed by atoms with Gasteiger partial charge in [-0.25, -0.2) is 0 Å². The van der Waals surface area contributed by atoms with Gasteiger partial charge in [0.1, 0.15) is 24.4 Å². The van der Waals surface area contributed by atoms with Crippen molar-refractivity contribution >= 4 is 0 Å². The maximum atomic E-state index is 9.33. The van der Waals surface area contributed by atoms with Gasteiger partial charge in [-0.15, -0.1) is 0 Å². The molecule has 0 amide bonds. The second-order valence-electron chi connectivity index (χ2n) is 2.99. The maximum absolute atomic E-state index is 9.33. The summed E-state index contributed by atoms with van der Waals surface area (Å²) < 4.78 is 9.49. The summed E-state index contributed by atoms with van der Waals surface area (Å²) in [4.78, 5) is 0. The van der Waals surface area contributed by atoms with Gasteiger partial charge in [-0.2, -0.15) is 0 Å². The summed E-state index contributed by atoms with van der Waals surface area (Å²) >= 11 is 0. The first kappa shape index (κ1) is 10.8.